The Hall–Kier alpha value is -0.620. The molecule has 0 aromatic carbocycles. The Kier molecular flexibility index (Phi) is 6.98. The quantitative estimate of drug-likeness (QED) is 0.682. The normalized spacial score (nSPS) is 25.4. The van der Waals surface area contributed by atoms with E-state index in [0.29, 0.717) is 6.10 Å². The molecule has 1 aromatic heterocycles. The lowest BCUT2D eigenvalue weighted by atomic mass is 9.94. The first kappa shape index (κ1) is 20.6. The third-order valence-corrected chi connectivity index (χ3v) is 7.62. The van der Waals surface area contributed by atoms with Crippen LogP contribution in [0.3, 0.4) is 0 Å². The molecular weight excluding hydrogens is 372 g/mol. The van der Waals surface area contributed by atoms with E-state index < -0.39 is 0 Å². The summed E-state index contributed by atoms with van der Waals surface area (Å²) in [6.45, 7) is 8.64. The van der Waals surface area contributed by atoms with Crippen LogP contribution in [-0.2, 0) is 18.3 Å². The van der Waals surface area contributed by atoms with Crippen molar-refractivity contribution in [3.63, 3.8) is 0 Å². The average Bonchev–Trinajstić information content (AvgIpc) is 3.43. The van der Waals surface area contributed by atoms with Crippen molar-refractivity contribution in [2.75, 3.05) is 32.8 Å². The summed E-state index contributed by atoms with van der Waals surface area (Å²) in [4.78, 5) is 5.37. The number of rotatable bonds is 7. The van der Waals surface area contributed by atoms with Crippen molar-refractivity contribution in [3.05, 3.63) is 16.4 Å². The maximum absolute atomic E-state index is 6.55. The molecular formula is C22H37ClN4O. The Bertz CT molecular complexity index is 629. The minimum atomic E-state index is 0.384. The van der Waals surface area contributed by atoms with Crippen LogP contribution in [0.5, 0.6) is 0 Å². The van der Waals surface area contributed by atoms with Crippen LogP contribution in [0.25, 0.3) is 0 Å². The van der Waals surface area contributed by atoms with Gasteiger partial charge in [0.1, 0.15) is 5.15 Å². The van der Waals surface area contributed by atoms with Crippen LogP contribution in [0.15, 0.2) is 0 Å². The second-order valence-electron chi connectivity index (χ2n) is 9.23. The molecule has 0 spiro atoms. The van der Waals surface area contributed by atoms with Gasteiger partial charge < -0.3 is 9.64 Å². The molecule has 3 heterocycles. The summed E-state index contributed by atoms with van der Waals surface area (Å²) in [5, 5.41) is 5.30. The maximum Gasteiger partial charge on any atom is 0.131 e. The molecule has 28 heavy (non-hydrogen) atoms. The monoisotopic (exact) mass is 408 g/mol. The van der Waals surface area contributed by atoms with Crippen molar-refractivity contribution in [2.45, 2.75) is 77.0 Å². The van der Waals surface area contributed by atoms with E-state index in [1.54, 1.807) is 4.68 Å². The van der Waals surface area contributed by atoms with Crippen LogP contribution in [0.1, 0.15) is 62.6 Å². The molecule has 5 nitrogen and oxygen atoms in total. The molecule has 6 heteroatoms. The molecule has 0 radical (unpaired) electrons. The van der Waals surface area contributed by atoms with Gasteiger partial charge in [0.05, 0.1) is 11.8 Å². The highest BCUT2D eigenvalue weighted by molar-refractivity contribution is 6.30. The first-order valence-electron chi connectivity index (χ1n) is 11.4. The molecule has 0 amide bonds. The van der Waals surface area contributed by atoms with Crippen molar-refractivity contribution >= 4 is 11.6 Å². The first-order chi connectivity index (χ1) is 13.6. The van der Waals surface area contributed by atoms with Gasteiger partial charge in [0.15, 0.2) is 0 Å². The number of nitrogens with zero attached hydrogens (tertiary/aromatic N) is 4. The molecule has 0 N–H and O–H groups in total. The van der Waals surface area contributed by atoms with Crippen molar-refractivity contribution < 1.29 is 4.74 Å². The molecule has 2 aliphatic heterocycles. The highest BCUT2D eigenvalue weighted by atomic mass is 35.5. The average molecular weight is 409 g/mol. The van der Waals surface area contributed by atoms with E-state index in [0.717, 1.165) is 49.0 Å². The number of aromatic nitrogens is 2. The summed E-state index contributed by atoms with van der Waals surface area (Å²) in [6.07, 6.45) is 11.2. The van der Waals surface area contributed by atoms with Gasteiger partial charge >= 0.3 is 0 Å². The third kappa shape index (κ3) is 4.92. The molecule has 4 rings (SSSR count). The largest absolute Gasteiger partial charge is 0.377 e. The number of hydrogen-bond donors (Lipinski definition) is 0. The molecule has 2 saturated heterocycles. The highest BCUT2D eigenvalue weighted by Crippen LogP contribution is 2.29. The lowest BCUT2D eigenvalue weighted by molar-refractivity contribution is 0.0539. The van der Waals surface area contributed by atoms with Crippen LogP contribution < -0.4 is 0 Å². The van der Waals surface area contributed by atoms with Crippen LogP contribution in [0, 0.1) is 12.8 Å². The zero-order valence-electron chi connectivity index (χ0n) is 17.7. The van der Waals surface area contributed by atoms with Crippen molar-refractivity contribution in [3.8, 4) is 0 Å². The molecule has 1 saturated carbocycles. The number of piperidine rings is 1. The van der Waals surface area contributed by atoms with E-state index in [1.807, 2.05) is 7.05 Å². The smallest absolute Gasteiger partial charge is 0.131 e. The summed E-state index contributed by atoms with van der Waals surface area (Å²) in [7, 11) is 1.93. The molecule has 1 atom stereocenters. The minimum Gasteiger partial charge on any atom is -0.377 e. The molecule has 3 aliphatic rings. The number of ether oxygens (including phenoxy) is 1. The number of aryl methyl sites for hydroxylation is 2. The standard InChI is InChI=1S/C22H37ClN4O/c1-17-21(22(23)25(2)24-17)16-26(15-20-8-5-13-28-20)14-18-9-11-27(12-10-18)19-6-3-4-7-19/h18-20H,3-16H2,1-2H3/t20-/m1/s1. The summed E-state index contributed by atoms with van der Waals surface area (Å²) in [5.74, 6) is 0.787. The van der Waals surface area contributed by atoms with Gasteiger partial charge in [-0.2, -0.15) is 5.10 Å². The summed E-state index contributed by atoms with van der Waals surface area (Å²) in [5.41, 5.74) is 2.24. The van der Waals surface area contributed by atoms with Gasteiger partial charge in [-0.05, 0) is 64.5 Å². The van der Waals surface area contributed by atoms with Crippen LogP contribution in [0.4, 0.5) is 0 Å². The Balaban J connectivity index is 1.36. The fourth-order valence-corrected chi connectivity index (χ4v) is 5.73. The van der Waals surface area contributed by atoms with Gasteiger partial charge in [-0.25, -0.2) is 0 Å². The van der Waals surface area contributed by atoms with Gasteiger partial charge in [-0.1, -0.05) is 24.4 Å². The summed E-state index contributed by atoms with van der Waals surface area (Å²) in [6, 6.07) is 0.876. The summed E-state index contributed by atoms with van der Waals surface area (Å²) < 4.78 is 7.76. The predicted octanol–water partition coefficient (Wildman–Crippen LogP) is 4.02. The second-order valence-corrected chi connectivity index (χ2v) is 9.58. The maximum atomic E-state index is 6.55. The lowest BCUT2D eigenvalue weighted by Gasteiger charge is -2.38. The Morgan fingerprint density at radius 1 is 1.07 bits per heavy atom. The topological polar surface area (TPSA) is 33.5 Å². The number of halogens is 1. The third-order valence-electron chi connectivity index (χ3n) is 7.14. The summed E-state index contributed by atoms with van der Waals surface area (Å²) >= 11 is 6.55. The fourth-order valence-electron chi connectivity index (χ4n) is 5.49. The molecule has 3 fully saturated rings. The number of likely N-dealkylation sites (tertiary alicyclic amines) is 1. The Morgan fingerprint density at radius 2 is 1.82 bits per heavy atom. The molecule has 1 aliphatic carbocycles. The zero-order chi connectivity index (χ0) is 19.5. The van der Waals surface area contributed by atoms with E-state index >= 15 is 0 Å². The Labute approximate surface area is 175 Å². The van der Waals surface area contributed by atoms with Gasteiger partial charge in [0.2, 0.25) is 0 Å². The second kappa shape index (κ2) is 9.46. The fraction of sp³-hybridized carbons (Fsp3) is 0.864. The van der Waals surface area contributed by atoms with E-state index in [-0.39, 0.29) is 0 Å². The van der Waals surface area contributed by atoms with Gasteiger partial charge in [0.25, 0.3) is 0 Å². The van der Waals surface area contributed by atoms with Gasteiger partial charge in [0, 0.05) is 44.9 Å². The highest BCUT2D eigenvalue weighted by Gasteiger charge is 2.29. The van der Waals surface area contributed by atoms with Crippen molar-refractivity contribution in [1.29, 1.82) is 0 Å². The number of hydrogen-bond acceptors (Lipinski definition) is 4. The van der Waals surface area contributed by atoms with Crippen molar-refractivity contribution in [1.82, 2.24) is 19.6 Å². The van der Waals surface area contributed by atoms with E-state index in [2.05, 4.69) is 21.8 Å². The Morgan fingerprint density at radius 3 is 2.43 bits per heavy atom. The molecule has 0 bridgehead atoms. The zero-order valence-corrected chi connectivity index (χ0v) is 18.5. The first-order valence-corrected chi connectivity index (χ1v) is 11.7. The van der Waals surface area contributed by atoms with Crippen LogP contribution >= 0.6 is 11.6 Å². The van der Waals surface area contributed by atoms with Crippen LogP contribution in [0.2, 0.25) is 5.15 Å². The van der Waals surface area contributed by atoms with Crippen LogP contribution in [-0.4, -0.2) is 64.5 Å². The van der Waals surface area contributed by atoms with Gasteiger partial charge in [-0.15, -0.1) is 0 Å². The SMILES string of the molecule is Cc1nn(C)c(Cl)c1CN(CC1CCN(C2CCCC2)CC1)C[C@H]1CCCO1. The van der Waals surface area contributed by atoms with Crippen molar-refractivity contribution in [2.24, 2.45) is 13.0 Å². The minimum absolute atomic E-state index is 0.384. The van der Waals surface area contributed by atoms with E-state index in [9.17, 15) is 0 Å². The molecule has 0 unspecified atom stereocenters. The molecule has 1 aromatic rings. The lowest BCUT2D eigenvalue weighted by Crippen LogP contribution is -2.43. The van der Waals surface area contributed by atoms with Gasteiger partial charge in [-0.3, -0.25) is 9.58 Å². The van der Waals surface area contributed by atoms with E-state index in [1.165, 1.54) is 70.0 Å². The molecule has 158 valence electrons. The van der Waals surface area contributed by atoms with E-state index in [4.69, 9.17) is 16.3 Å². The predicted molar refractivity (Wildman–Crippen MR) is 114 cm³/mol.